The molecular formula is C14H27IO2Si. The van der Waals surface area contributed by atoms with E-state index in [0.29, 0.717) is 6.61 Å². The van der Waals surface area contributed by atoms with E-state index in [1.54, 1.807) is 0 Å². The Balaban J connectivity index is 3.12. The molecule has 0 aromatic carbocycles. The van der Waals surface area contributed by atoms with E-state index in [1.807, 2.05) is 0 Å². The second-order valence-electron chi connectivity index (χ2n) is 5.32. The molecule has 0 atom stereocenters. The zero-order valence-electron chi connectivity index (χ0n) is 11.8. The van der Waals surface area contributed by atoms with Crippen LogP contribution in [0, 0.1) is 0 Å². The molecule has 0 aliphatic rings. The van der Waals surface area contributed by atoms with E-state index in [1.165, 1.54) is 44.2 Å². The Hall–Kier alpha value is 0.157. The number of unbranched alkanes of at least 4 members (excludes halogenated alkanes) is 6. The number of rotatable bonds is 11. The maximum atomic E-state index is 10.8. The minimum atomic E-state index is -0.844. The van der Waals surface area contributed by atoms with Crippen LogP contribution in [0.3, 0.4) is 0 Å². The molecule has 0 aliphatic heterocycles. The van der Waals surface area contributed by atoms with E-state index < -0.39 is 5.57 Å². The van der Waals surface area contributed by atoms with E-state index >= 15 is 0 Å². The fourth-order valence-electron chi connectivity index (χ4n) is 1.76. The number of esters is 1. The molecule has 0 fully saturated rings. The molecule has 18 heavy (non-hydrogen) atoms. The molecule has 0 aromatic heterocycles. The molecule has 0 aliphatic carbocycles. The molecule has 0 aromatic rings. The van der Waals surface area contributed by atoms with Gasteiger partial charge in [-0.1, -0.05) is 58.2 Å². The van der Waals surface area contributed by atoms with Gasteiger partial charge >= 0.3 is 5.97 Å². The third-order valence-corrected chi connectivity index (χ3v) is 5.99. The number of carbonyl (C=O) groups excluding carboxylic acids is 1. The summed E-state index contributed by atoms with van der Waals surface area (Å²) in [6, 6.07) is 1.45. The van der Waals surface area contributed by atoms with Crippen molar-refractivity contribution in [2.45, 2.75) is 64.1 Å². The summed E-state index contributed by atoms with van der Waals surface area (Å²) in [6.07, 6.45) is 10.1. The second-order valence-corrected chi connectivity index (χ2v) is 18.0. The molecule has 0 radical (unpaired) electrons. The molecule has 2 nitrogen and oxygen atoms in total. The van der Waals surface area contributed by atoms with Gasteiger partial charge in [-0.05, 0) is 12.5 Å². The Morgan fingerprint density at radius 3 is 2.11 bits per heavy atom. The molecule has 0 bridgehead atoms. The van der Waals surface area contributed by atoms with Gasteiger partial charge in [0.2, 0.25) is 0 Å². The first-order valence-electron chi connectivity index (χ1n) is 6.94. The molecule has 0 unspecified atom stereocenters. The van der Waals surface area contributed by atoms with Crippen LogP contribution < -0.4 is 0 Å². The van der Waals surface area contributed by atoms with Gasteiger partial charge in [-0.25, -0.2) is 4.79 Å². The number of hydrogen-bond donors (Lipinski definition) is 0. The summed E-state index contributed by atoms with van der Waals surface area (Å²) >= 11 is 2.66. The average molecular weight is 382 g/mol. The van der Waals surface area contributed by atoms with Crippen molar-refractivity contribution in [2.75, 3.05) is 6.61 Å². The van der Waals surface area contributed by atoms with E-state index in [0.717, 1.165) is 12.8 Å². The van der Waals surface area contributed by atoms with Gasteiger partial charge in [-0.3, -0.25) is 0 Å². The van der Waals surface area contributed by atoms with Crippen LogP contribution >= 0.6 is 21.8 Å². The summed E-state index contributed by atoms with van der Waals surface area (Å²) in [5.74, 6) is -0.305. The smallest absolute Gasteiger partial charge is 0.330 e. The van der Waals surface area contributed by atoms with Crippen LogP contribution in [0.2, 0.25) is 19.1 Å². The van der Waals surface area contributed by atoms with Crippen molar-refractivity contribution in [3.63, 3.8) is 0 Å². The largest absolute Gasteiger partial charge is 0.463 e. The van der Waals surface area contributed by atoms with Gasteiger partial charge in [0.05, 0.1) is 6.61 Å². The molecule has 106 valence electrons. The minimum absolute atomic E-state index is 0.305. The molecule has 0 spiro atoms. The Kier molecular flexibility index (Phi) is 11.1. The van der Waals surface area contributed by atoms with Crippen LogP contribution in [0.15, 0.2) is 12.7 Å². The van der Waals surface area contributed by atoms with Crippen molar-refractivity contribution in [3.05, 3.63) is 12.7 Å². The highest BCUT2D eigenvalue weighted by molar-refractivity contribution is 14.1. The topological polar surface area (TPSA) is 26.3 Å². The summed E-state index contributed by atoms with van der Waals surface area (Å²) in [7, 11) is 0. The molecule has 0 heterocycles. The van der Waals surface area contributed by atoms with Crippen molar-refractivity contribution < 1.29 is 9.53 Å². The summed E-state index contributed by atoms with van der Waals surface area (Å²) in [5.41, 5.74) is -0.844. The standard InChI is InChI=1S/C14H27IO2Si/c1-4-14(16)17-12-10-8-6-5-7-9-11-13-18(2,3)15/h4H,1,5-13H2,2-3H3. The lowest BCUT2D eigenvalue weighted by Gasteiger charge is -2.12. The molecule has 0 rings (SSSR count). The summed E-state index contributed by atoms with van der Waals surface area (Å²) in [6.45, 7) is 8.76. The first kappa shape index (κ1) is 18.2. The van der Waals surface area contributed by atoms with Crippen LogP contribution in [0.5, 0.6) is 0 Å². The van der Waals surface area contributed by atoms with Gasteiger partial charge in [0.25, 0.3) is 0 Å². The van der Waals surface area contributed by atoms with Crippen LogP contribution in [0.25, 0.3) is 0 Å². The zero-order valence-corrected chi connectivity index (χ0v) is 15.0. The molecule has 0 saturated heterocycles. The van der Waals surface area contributed by atoms with Gasteiger partial charge in [-0.2, -0.15) is 0 Å². The zero-order chi connectivity index (χ0) is 13.9. The van der Waals surface area contributed by atoms with Crippen LogP contribution in [0.4, 0.5) is 0 Å². The van der Waals surface area contributed by atoms with E-state index in [2.05, 4.69) is 41.5 Å². The van der Waals surface area contributed by atoms with Crippen molar-refractivity contribution in [2.24, 2.45) is 0 Å². The summed E-state index contributed by atoms with van der Waals surface area (Å²) in [4.78, 5) is 10.8. The first-order chi connectivity index (χ1) is 8.45. The quantitative estimate of drug-likeness (QED) is 0.124. The maximum absolute atomic E-state index is 10.8. The lowest BCUT2D eigenvalue weighted by Crippen LogP contribution is -2.13. The SMILES string of the molecule is C=CC(=O)OCCCCCCCCC[Si](C)(C)I. The Morgan fingerprint density at radius 1 is 1.11 bits per heavy atom. The highest BCUT2D eigenvalue weighted by atomic mass is 127. The average Bonchev–Trinajstić information content (AvgIpc) is 2.29. The Bertz CT molecular complexity index is 236. The van der Waals surface area contributed by atoms with Crippen molar-refractivity contribution in [3.8, 4) is 0 Å². The maximum Gasteiger partial charge on any atom is 0.330 e. The van der Waals surface area contributed by atoms with Gasteiger partial charge in [0, 0.05) is 6.08 Å². The lowest BCUT2D eigenvalue weighted by atomic mass is 10.1. The third-order valence-electron chi connectivity index (χ3n) is 2.83. The number of carbonyl (C=O) groups is 1. The van der Waals surface area contributed by atoms with E-state index in [4.69, 9.17) is 4.74 Å². The monoisotopic (exact) mass is 382 g/mol. The van der Waals surface area contributed by atoms with Gasteiger partial charge in [-0.15, -0.1) is 21.8 Å². The predicted octanol–water partition coefficient (Wildman–Crippen LogP) is 5.09. The summed E-state index contributed by atoms with van der Waals surface area (Å²) in [5, 5.41) is 0. The highest BCUT2D eigenvalue weighted by Crippen LogP contribution is 2.21. The second kappa shape index (κ2) is 11.0. The number of halogens is 1. The van der Waals surface area contributed by atoms with E-state index in [9.17, 15) is 4.79 Å². The van der Waals surface area contributed by atoms with Crippen LogP contribution in [-0.4, -0.2) is 18.1 Å². The van der Waals surface area contributed by atoms with Gasteiger partial charge < -0.3 is 4.74 Å². The Labute approximate surface area is 126 Å². The third kappa shape index (κ3) is 14.2. The number of hydrogen-bond acceptors (Lipinski definition) is 2. The van der Waals surface area contributed by atoms with Crippen molar-refractivity contribution >= 4 is 33.3 Å². The first-order valence-corrected chi connectivity index (χ1v) is 13.3. The summed E-state index contributed by atoms with van der Waals surface area (Å²) < 4.78 is 4.92. The minimum Gasteiger partial charge on any atom is -0.463 e. The predicted molar refractivity (Wildman–Crippen MR) is 89.8 cm³/mol. The molecular weight excluding hydrogens is 355 g/mol. The van der Waals surface area contributed by atoms with E-state index in [-0.39, 0.29) is 5.97 Å². The normalized spacial score (nSPS) is 11.3. The fourth-order valence-corrected chi connectivity index (χ4v) is 4.00. The molecule has 0 amide bonds. The molecule has 4 heteroatoms. The van der Waals surface area contributed by atoms with Gasteiger partial charge in [0.1, 0.15) is 5.57 Å². The molecule has 0 N–H and O–H groups in total. The number of ether oxygens (including phenoxy) is 1. The fraction of sp³-hybridized carbons (Fsp3) is 0.786. The molecule has 0 saturated carbocycles. The highest BCUT2D eigenvalue weighted by Gasteiger charge is 2.14. The Morgan fingerprint density at radius 2 is 1.61 bits per heavy atom. The van der Waals surface area contributed by atoms with Crippen molar-refractivity contribution in [1.82, 2.24) is 0 Å². The van der Waals surface area contributed by atoms with Crippen LogP contribution in [-0.2, 0) is 9.53 Å². The lowest BCUT2D eigenvalue weighted by molar-refractivity contribution is -0.137. The van der Waals surface area contributed by atoms with Gasteiger partial charge in [0.15, 0.2) is 0 Å². The van der Waals surface area contributed by atoms with Crippen LogP contribution in [0.1, 0.15) is 44.9 Å². The van der Waals surface area contributed by atoms with Crippen molar-refractivity contribution in [1.29, 1.82) is 0 Å².